The van der Waals surface area contributed by atoms with Gasteiger partial charge in [0, 0.05) is 13.1 Å². The summed E-state index contributed by atoms with van der Waals surface area (Å²) >= 11 is 0. The van der Waals surface area contributed by atoms with E-state index in [0.29, 0.717) is 19.7 Å². The van der Waals surface area contributed by atoms with Crippen molar-refractivity contribution >= 4 is 5.91 Å². The van der Waals surface area contributed by atoms with Gasteiger partial charge in [-0.3, -0.25) is 4.79 Å². The van der Waals surface area contributed by atoms with E-state index in [0.717, 1.165) is 30.6 Å². The minimum absolute atomic E-state index is 0.0122. The zero-order chi connectivity index (χ0) is 18.9. The van der Waals surface area contributed by atoms with Crippen LogP contribution >= 0.6 is 0 Å². The Bertz CT molecular complexity index is 814. The second-order valence-electron chi connectivity index (χ2n) is 7.33. The van der Waals surface area contributed by atoms with Crippen LogP contribution in [0.4, 0.5) is 0 Å². The van der Waals surface area contributed by atoms with Gasteiger partial charge in [-0.05, 0) is 48.1 Å². The van der Waals surface area contributed by atoms with Crippen LogP contribution in [0, 0.1) is 0 Å². The highest BCUT2D eigenvalue weighted by atomic mass is 16.5. The Morgan fingerprint density at radius 1 is 1.19 bits per heavy atom. The monoisotopic (exact) mass is 366 g/mol. The molecule has 2 aliphatic heterocycles. The topological polar surface area (TPSA) is 64.8 Å². The Morgan fingerprint density at radius 3 is 2.63 bits per heavy atom. The molecule has 1 saturated heterocycles. The number of fused-ring (bicyclic) bond motifs is 2. The van der Waals surface area contributed by atoms with Crippen LogP contribution in [0.5, 0.6) is 5.75 Å². The number of piperidine rings is 1. The molecule has 2 aliphatic rings. The van der Waals surface area contributed by atoms with E-state index in [2.05, 4.69) is 12.1 Å². The van der Waals surface area contributed by atoms with Crippen LogP contribution in [0.15, 0.2) is 48.5 Å². The molecule has 1 atom stereocenters. The van der Waals surface area contributed by atoms with Crippen molar-refractivity contribution in [3.05, 3.63) is 65.2 Å². The number of hydrogen-bond donors (Lipinski definition) is 1. The normalized spacial score (nSPS) is 19.4. The van der Waals surface area contributed by atoms with Crippen LogP contribution in [-0.4, -0.2) is 37.6 Å². The highest BCUT2D eigenvalue weighted by Crippen LogP contribution is 2.42. The van der Waals surface area contributed by atoms with Crippen molar-refractivity contribution in [3.63, 3.8) is 0 Å². The number of methoxy groups -OCH3 is 1. The van der Waals surface area contributed by atoms with Gasteiger partial charge in [-0.1, -0.05) is 36.4 Å². The first-order valence-electron chi connectivity index (χ1n) is 9.54. The summed E-state index contributed by atoms with van der Waals surface area (Å²) in [6.45, 7) is 2.02. The molecule has 2 N–H and O–H groups in total. The molecule has 0 saturated carbocycles. The third-order valence-corrected chi connectivity index (χ3v) is 5.86. The maximum atomic E-state index is 12.8. The first-order chi connectivity index (χ1) is 13.1. The van der Waals surface area contributed by atoms with Crippen molar-refractivity contribution in [2.45, 2.75) is 30.9 Å². The molecule has 0 aromatic heterocycles. The molecule has 1 amide bonds. The van der Waals surface area contributed by atoms with Gasteiger partial charge in [0.2, 0.25) is 5.91 Å². The molecule has 0 aliphatic carbocycles. The van der Waals surface area contributed by atoms with Gasteiger partial charge in [0.15, 0.2) is 0 Å². The van der Waals surface area contributed by atoms with Crippen molar-refractivity contribution in [1.29, 1.82) is 0 Å². The Balaban J connectivity index is 1.49. The van der Waals surface area contributed by atoms with Crippen molar-refractivity contribution < 1.29 is 14.3 Å². The highest BCUT2D eigenvalue weighted by Gasteiger charge is 2.42. The summed E-state index contributed by atoms with van der Waals surface area (Å²) in [4.78, 5) is 14.7. The molecular weight excluding hydrogens is 340 g/mol. The number of rotatable bonds is 3. The summed E-state index contributed by atoms with van der Waals surface area (Å²) in [6, 6.07) is 15.2. The molecule has 1 spiro atoms. The van der Waals surface area contributed by atoms with Gasteiger partial charge >= 0.3 is 0 Å². The van der Waals surface area contributed by atoms with Crippen molar-refractivity contribution in [1.82, 2.24) is 4.90 Å². The number of carbonyl (C=O) groups is 1. The van der Waals surface area contributed by atoms with Crippen LogP contribution in [0.1, 0.15) is 35.6 Å². The van der Waals surface area contributed by atoms with Gasteiger partial charge in [0.05, 0.1) is 19.3 Å². The molecule has 5 heteroatoms. The summed E-state index contributed by atoms with van der Waals surface area (Å²) in [6.07, 6.45) is 2.48. The molecule has 2 heterocycles. The first kappa shape index (κ1) is 18.0. The second-order valence-corrected chi connectivity index (χ2v) is 7.33. The van der Waals surface area contributed by atoms with Gasteiger partial charge in [0.1, 0.15) is 11.8 Å². The SMILES string of the molecule is COc1ccc2c(c1)CCOC21CCN(C(=O)[C@H](N)c2ccccc2)CC1. The summed E-state index contributed by atoms with van der Waals surface area (Å²) in [5.41, 5.74) is 9.31. The summed E-state index contributed by atoms with van der Waals surface area (Å²) < 4.78 is 11.6. The van der Waals surface area contributed by atoms with Crippen molar-refractivity contribution in [2.24, 2.45) is 5.73 Å². The third kappa shape index (κ3) is 3.33. The lowest BCUT2D eigenvalue weighted by Gasteiger charge is -2.45. The summed E-state index contributed by atoms with van der Waals surface area (Å²) in [5, 5.41) is 0. The Hall–Kier alpha value is -2.37. The zero-order valence-corrected chi connectivity index (χ0v) is 15.7. The minimum Gasteiger partial charge on any atom is -0.497 e. The average molecular weight is 366 g/mol. The van der Waals surface area contributed by atoms with Gasteiger partial charge in [-0.15, -0.1) is 0 Å². The second kappa shape index (κ2) is 7.33. The molecule has 4 rings (SSSR count). The van der Waals surface area contributed by atoms with Gasteiger partial charge in [0.25, 0.3) is 0 Å². The molecule has 0 bridgehead atoms. The molecule has 2 aromatic carbocycles. The van der Waals surface area contributed by atoms with Crippen LogP contribution in [0.3, 0.4) is 0 Å². The van der Waals surface area contributed by atoms with Crippen molar-refractivity contribution in [2.75, 3.05) is 26.8 Å². The molecule has 1 fully saturated rings. The third-order valence-electron chi connectivity index (χ3n) is 5.86. The quantitative estimate of drug-likeness (QED) is 0.907. The fraction of sp³-hybridized carbons (Fsp3) is 0.409. The Morgan fingerprint density at radius 2 is 1.93 bits per heavy atom. The minimum atomic E-state index is -0.607. The molecule has 2 aromatic rings. The van der Waals surface area contributed by atoms with Crippen molar-refractivity contribution in [3.8, 4) is 5.75 Å². The summed E-state index contributed by atoms with van der Waals surface area (Å²) in [7, 11) is 1.69. The first-order valence-corrected chi connectivity index (χ1v) is 9.54. The highest BCUT2D eigenvalue weighted by molar-refractivity contribution is 5.83. The Labute approximate surface area is 160 Å². The fourth-order valence-corrected chi connectivity index (χ4v) is 4.28. The average Bonchev–Trinajstić information content (AvgIpc) is 2.74. The van der Waals surface area contributed by atoms with Gasteiger partial charge in [-0.2, -0.15) is 0 Å². The lowest BCUT2D eigenvalue weighted by atomic mass is 9.79. The molecule has 0 unspecified atom stereocenters. The maximum Gasteiger partial charge on any atom is 0.244 e. The Kier molecular flexibility index (Phi) is 4.89. The molecule has 5 nitrogen and oxygen atoms in total. The van der Waals surface area contributed by atoms with E-state index in [1.54, 1.807) is 7.11 Å². The van der Waals surface area contributed by atoms with E-state index in [4.69, 9.17) is 15.2 Å². The lowest BCUT2D eigenvalue weighted by molar-refractivity contribution is -0.142. The largest absolute Gasteiger partial charge is 0.497 e. The molecule has 27 heavy (non-hydrogen) atoms. The molecule has 0 radical (unpaired) electrons. The van der Waals surface area contributed by atoms with Crippen LogP contribution in [0.2, 0.25) is 0 Å². The number of amides is 1. The molecular formula is C22H26N2O3. The zero-order valence-electron chi connectivity index (χ0n) is 15.7. The fourth-order valence-electron chi connectivity index (χ4n) is 4.28. The summed E-state index contributed by atoms with van der Waals surface area (Å²) in [5.74, 6) is 0.870. The smallest absolute Gasteiger partial charge is 0.244 e. The lowest BCUT2D eigenvalue weighted by Crippen LogP contribution is -2.50. The van der Waals surface area contributed by atoms with Crippen LogP contribution in [0.25, 0.3) is 0 Å². The van der Waals surface area contributed by atoms with E-state index in [1.165, 1.54) is 11.1 Å². The van der Waals surface area contributed by atoms with E-state index in [9.17, 15) is 4.79 Å². The van der Waals surface area contributed by atoms with Gasteiger partial charge < -0.3 is 20.1 Å². The number of ether oxygens (including phenoxy) is 2. The van der Waals surface area contributed by atoms with E-state index < -0.39 is 6.04 Å². The van der Waals surface area contributed by atoms with E-state index in [1.807, 2.05) is 41.3 Å². The van der Waals surface area contributed by atoms with Crippen LogP contribution in [-0.2, 0) is 21.6 Å². The predicted molar refractivity (Wildman–Crippen MR) is 104 cm³/mol. The van der Waals surface area contributed by atoms with Gasteiger partial charge in [-0.25, -0.2) is 0 Å². The number of benzene rings is 2. The number of nitrogens with two attached hydrogens (primary N) is 1. The maximum absolute atomic E-state index is 12.8. The van der Waals surface area contributed by atoms with Crippen LogP contribution < -0.4 is 10.5 Å². The number of hydrogen-bond acceptors (Lipinski definition) is 4. The van der Waals surface area contributed by atoms with E-state index >= 15 is 0 Å². The number of likely N-dealkylation sites (tertiary alicyclic amines) is 1. The number of nitrogens with zero attached hydrogens (tertiary/aromatic N) is 1. The predicted octanol–water partition coefficient (Wildman–Crippen LogP) is 2.79. The van der Waals surface area contributed by atoms with E-state index in [-0.39, 0.29) is 11.5 Å². The number of carbonyl (C=O) groups excluding carboxylic acids is 1. The standard InChI is InChI=1S/C22H26N2O3/c1-26-18-7-8-19-17(15-18)9-14-27-22(19)10-12-24(13-11-22)21(25)20(23)16-5-3-2-4-6-16/h2-8,15,20H,9-14,23H2,1H3/t20-/m1/s1. The molecule has 142 valence electrons.